The third-order valence-electron chi connectivity index (χ3n) is 4.17. The van der Waals surface area contributed by atoms with E-state index in [1.165, 1.54) is 5.56 Å². The maximum Gasteiger partial charge on any atom is 0.125 e. The minimum Gasteiger partial charge on any atom is -0.490 e. The van der Waals surface area contributed by atoms with Gasteiger partial charge in [0.1, 0.15) is 11.9 Å². The minimum atomic E-state index is 0.0647. The number of hydrogen-bond donors (Lipinski definition) is 1. The van der Waals surface area contributed by atoms with Crippen molar-refractivity contribution in [3.8, 4) is 5.75 Å². The highest BCUT2D eigenvalue weighted by atomic mass is 79.9. The molecule has 3 heteroatoms. The zero-order valence-corrected chi connectivity index (χ0v) is 13.7. The summed E-state index contributed by atoms with van der Waals surface area (Å²) in [5, 5.41) is 0. The van der Waals surface area contributed by atoms with Crippen molar-refractivity contribution in [1.82, 2.24) is 0 Å². The normalized spacial score (nSPS) is 22.2. The smallest absolute Gasteiger partial charge is 0.125 e. The number of fused-ring (bicyclic) bond motifs is 1. The van der Waals surface area contributed by atoms with Crippen molar-refractivity contribution >= 4 is 15.9 Å². The zero-order chi connectivity index (χ0) is 14.8. The monoisotopic (exact) mass is 345 g/mol. The van der Waals surface area contributed by atoms with E-state index in [0.29, 0.717) is 5.92 Å². The van der Waals surface area contributed by atoms with Crippen LogP contribution in [-0.4, -0.2) is 6.10 Å². The number of rotatable bonds is 3. The fourth-order valence-corrected chi connectivity index (χ4v) is 3.35. The van der Waals surface area contributed by atoms with E-state index in [2.05, 4.69) is 59.3 Å². The molecular weight excluding hydrogens is 326 g/mol. The first kappa shape index (κ1) is 14.6. The van der Waals surface area contributed by atoms with Gasteiger partial charge in [-0.25, -0.2) is 0 Å². The first-order valence-electron chi connectivity index (χ1n) is 7.40. The molecule has 0 spiro atoms. The van der Waals surface area contributed by atoms with E-state index in [-0.39, 0.29) is 12.1 Å². The molecular formula is C18H20BrNO. The third kappa shape index (κ3) is 3.30. The number of ether oxygens (including phenoxy) is 1. The van der Waals surface area contributed by atoms with Gasteiger partial charge in [0, 0.05) is 22.5 Å². The Labute approximate surface area is 134 Å². The fraction of sp³-hybridized carbons (Fsp3) is 0.333. The Bertz CT molecular complexity index is 614. The SMILES string of the molecule is CC(CC1CC(N)c2ccc(Br)cc2O1)c1ccccc1. The summed E-state index contributed by atoms with van der Waals surface area (Å²) in [7, 11) is 0. The maximum atomic E-state index is 6.31. The van der Waals surface area contributed by atoms with Crippen LogP contribution in [0.1, 0.15) is 42.9 Å². The van der Waals surface area contributed by atoms with E-state index in [1.807, 2.05) is 12.1 Å². The molecule has 0 amide bonds. The minimum absolute atomic E-state index is 0.0647. The van der Waals surface area contributed by atoms with E-state index < -0.39 is 0 Å². The van der Waals surface area contributed by atoms with Gasteiger partial charge in [-0.05, 0) is 30.0 Å². The lowest BCUT2D eigenvalue weighted by Gasteiger charge is -2.32. The Balaban J connectivity index is 1.74. The molecule has 3 rings (SSSR count). The Morgan fingerprint density at radius 2 is 2.00 bits per heavy atom. The fourth-order valence-electron chi connectivity index (χ4n) is 3.01. The van der Waals surface area contributed by atoms with Crippen molar-refractivity contribution < 1.29 is 4.74 Å². The molecule has 0 radical (unpaired) electrons. The van der Waals surface area contributed by atoms with Gasteiger partial charge in [0.15, 0.2) is 0 Å². The van der Waals surface area contributed by atoms with Gasteiger partial charge in [-0.15, -0.1) is 0 Å². The first-order chi connectivity index (χ1) is 10.1. The molecule has 0 aliphatic carbocycles. The molecule has 1 aliphatic heterocycles. The first-order valence-corrected chi connectivity index (χ1v) is 8.19. The Hall–Kier alpha value is -1.32. The van der Waals surface area contributed by atoms with Gasteiger partial charge in [-0.1, -0.05) is 59.3 Å². The Morgan fingerprint density at radius 3 is 2.76 bits per heavy atom. The van der Waals surface area contributed by atoms with Crippen molar-refractivity contribution in [2.75, 3.05) is 0 Å². The van der Waals surface area contributed by atoms with Gasteiger partial charge in [-0.3, -0.25) is 0 Å². The third-order valence-corrected chi connectivity index (χ3v) is 4.66. The molecule has 1 heterocycles. The average Bonchev–Trinajstić information content (AvgIpc) is 2.47. The van der Waals surface area contributed by atoms with Crippen LogP contribution in [0.5, 0.6) is 5.75 Å². The highest BCUT2D eigenvalue weighted by Gasteiger charge is 2.27. The summed E-state index contributed by atoms with van der Waals surface area (Å²) in [4.78, 5) is 0. The standard InChI is InChI=1S/C18H20BrNO/c1-12(13-5-3-2-4-6-13)9-15-11-17(20)16-8-7-14(19)10-18(16)21-15/h2-8,10,12,15,17H,9,11,20H2,1H3. The van der Waals surface area contributed by atoms with Crippen molar-refractivity contribution in [2.24, 2.45) is 5.73 Å². The summed E-state index contributed by atoms with van der Waals surface area (Å²) in [6.07, 6.45) is 2.05. The van der Waals surface area contributed by atoms with E-state index in [4.69, 9.17) is 10.5 Å². The summed E-state index contributed by atoms with van der Waals surface area (Å²) >= 11 is 3.50. The van der Waals surface area contributed by atoms with Crippen LogP contribution in [0.15, 0.2) is 53.0 Å². The summed E-state index contributed by atoms with van der Waals surface area (Å²) in [6.45, 7) is 2.25. The molecule has 0 aromatic heterocycles. The molecule has 2 aromatic rings. The van der Waals surface area contributed by atoms with Crippen LogP contribution in [0.3, 0.4) is 0 Å². The molecule has 2 nitrogen and oxygen atoms in total. The van der Waals surface area contributed by atoms with Crippen molar-refractivity contribution in [3.05, 3.63) is 64.1 Å². The van der Waals surface area contributed by atoms with Gasteiger partial charge in [0.2, 0.25) is 0 Å². The Kier molecular flexibility index (Phi) is 4.32. The zero-order valence-electron chi connectivity index (χ0n) is 12.1. The van der Waals surface area contributed by atoms with Crippen LogP contribution in [0.4, 0.5) is 0 Å². The van der Waals surface area contributed by atoms with Crippen molar-refractivity contribution in [2.45, 2.75) is 37.8 Å². The molecule has 0 saturated carbocycles. The lowest BCUT2D eigenvalue weighted by Crippen LogP contribution is -2.30. The van der Waals surface area contributed by atoms with Crippen LogP contribution in [-0.2, 0) is 0 Å². The van der Waals surface area contributed by atoms with Gasteiger partial charge in [0.05, 0.1) is 0 Å². The molecule has 0 bridgehead atoms. The van der Waals surface area contributed by atoms with E-state index in [0.717, 1.165) is 28.6 Å². The van der Waals surface area contributed by atoms with Crippen LogP contribution < -0.4 is 10.5 Å². The molecule has 0 saturated heterocycles. The Morgan fingerprint density at radius 1 is 1.24 bits per heavy atom. The summed E-state index contributed by atoms with van der Waals surface area (Å²) in [6, 6.07) is 16.8. The average molecular weight is 346 g/mol. The molecule has 3 atom stereocenters. The highest BCUT2D eigenvalue weighted by molar-refractivity contribution is 9.10. The second-order valence-corrected chi connectivity index (χ2v) is 6.73. The van der Waals surface area contributed by atoms with Crippen LogP contribution in [0, 0.1) is 0 Å². The molecule has 110 valence electrons. The number of benzene rings is 2. The topological polar surface area (TPSA) is 35.2 Å². The molecule has 2 aromatic carbocycles. The lowest BCUT2D eigenvalue weighted by molar-refractivity contribution is 0.143. The second-order valence-electron chi connectivity index (χ2n) is 5.81. The molecule has 1 aliphatic rings. The number of nitrogens with two attached hydrogens (primary N) is 1. The summed E-state index contributed by atoms with van der Waals surface area (Å²) in [5.41, 5.74) is 8.77. The summed E-state index contributed by atoms with van der Waals surface area (Å²) in [5.74, 6) is 1.39. The van der Waals surface area contributed by atoms with Crippen molar-refractivity contribution in [3.63, 3.8) is 0 Å². The van der Waals surface area contributed by atoms with Crippen LogP contribution in [0.2, 0.25) is 0 Å². The van der Waals surface area contributed by atoms with Gasteiger partial charge >= 0.3 is 0 Å². The van der Waals surface area contributed by atoms with Gasteiger partial charge < -0.3 is 10.5 Å². The second kappa shape index (κ2) is 6.20. The summed E-state index contributed by atoms with van der Waals surface area (Å²) < 4.78 is 7.20. The maximum absolute atomic E-state index is 6.31. The molecule has 21 heavy (non-hydrogen) atoms. The highest BCUT2D eigenvalue weighted by Crippen LogP contribution is 2.37. The van der Waals surface area contributed by atoms with E-state index in [1.54, 1.807) is 0 Å². The molecule has 3 unspecified atom stereocenters. The number of halogens is 1. The van der Waals surface area contributed by atoms with Crippen molar-refractivity contribution in [1.29, 1.82) is 0 Å². The predicted molar refractivity (Wildman–Crippen MR) is 89.6 cm³/mol. The lowest BCUT2D eigenvalue weighted by atomic mass is 9.89. The quantitative estimate of drug-likeness (QED) is 0.867. The number of hydrogen-bond acceptors (Lipinski definition) is 2. The largest absolute Gasteiger partial charge is 0.490 e. The molecule has 0 fully saturated rings. The van der Waals surface area contributed by atoms with E-state index >= 15 is 0 Å². The van der Waals surface area contributed by atoms with Gasteiger partial charge in [-0.2, -0.15) is 0 Å². The van der Waals surface area contributed by atoms with Gasteiger partial charge in [0.25, 0.3) is 0 Å². The van der Waals surface area contributed by atoms with Crippen LogP contribution >= 0.6 is 15.9 Å². The predicted octanol–water partition coefficient (Wildman–Crippen LogP) is 4.79. The van der Waals surface area contributed by atoms with E-state index in [9.17, 15) is 0 Å². The molecule has 2 N–H and O–H groups in total. The van der Waals surface area contributed by atoms with Crippen LogP contribution in [0.25, 0.3) is 0 Å².